The highest BCUT2D eigenvalue weighted by molar-refractivity contribution is 5.88. The third-order valence-electron chi connectivity index (χ3n) is 4.08. The van der Waals surface area contributed by atoms with Gasteiger partial charge in [-0.3, -0.25) is 4.79 Å². The molecule has 0 aromatic heterocycles. The smallest absolute Gasteiger partial charge is 0.329 e. The second-order valence-electron chi connectivity index (χ2n) is 5.51. The predicted molar refractivity (Wildman–Crippen MR) is 62.4 cm³/mol. The van der Waals surface area contributed by atoms with Crippen molar-refractivity contribution < 1.29 is 14.7 Å². The van der Waals surface area contributed by atoms with E-state index in [1.54, 1.807) is 6.92 Å². The summed E-state index contributed by atoms with van der Waals surface area (Å²) < 4.78 is 0. The summed E-state index contributed by atoms with van der Waals surface area (Å²) in [7, 11) is 0. The van der Waals surface area contributed by atoms with Gasteiger partial charge in [-0.05, 0) is 38.1 Å². The first kappa shape index (κ1) is 12.4. The van der Waals surface area contributed by atoms with Crippen LogP contribution in [0.1, 0.15) is 26.7 Å². The average molecular weight is 240 g/mol. The molecule has 1 heterocycles. The van der Waals surface area contributed by atoms with Gasteiger partial charge in [0.2, 0.25) is 5.91 Å². The van der Waals surface area contributed by atoms with Crippen molar-refractivity contribution in [3.63, 3.8) is 0 Å². The van der Waals surface area contributed by atoms with Crippen LogP contribution in [0.2, 0.25) is 0 Å². The lowest BCUT2D eigenvalue weighted by atomic mass is 9.92. The molecule has 1 saturated carbocycles. The van der Waals surface area contributed by atoms with Crippen molar-refractivity contribution in [2.24, 2.45) is 17.8 Å². The molecule has 1 amide bonds. The molecule has 2 rings (SSSR count). The van der Waals surface area contributed by atoms with Gasteiger partial charge in [0.1, 0.15) is 5.54 Å². The highest BCUT2D eigenvalue weighted by Crippen LogP contribution is 2.40. The second-order valence-corrected chi connectivity index (χ2v) is 5.51. The Morgan fingerprint density at radius 1 is 1.35 bits per heavy atom. The van der Waals surface area contributed by atoms with Crippen LogP contribution in [0.5, 0.6) is 0 Å². The molecule has 0 spiro atoms. The summed E-state index contributed by atoms with van der Waals surface area (Å²) in [6.45, 7) is 5.11. The van der Waals surface area contributed by atoms with Crippen molar-refractivity contribution in [3.05, 3.63) is 0 Å². The van der Waals surface area contributed by atoms with Crippen LogP contribution in [0.15, 0.2) is 0 Å². The monoisotopic (exact) mass is 240 g/mol. The fourth-order valence-electron chi connectivity index (χ4n) is 2.50. The van der Waals surface area contributed by atoms with Crippen LogP contribution in [0.3, 0.4) is 0 Å². The Morgan fingerprint density at radius 3 is 2.41 bits per heavy atom. The van der Waals surface area contributed by atoms with E-state index >= 15 is 0 Å². The lowest BCUT2D eigenvalue weighted by Crippen LogP contribution is -2.56. The Bertz CT molecular complexity index is 341. The number of carboxylic acids is 1. The van der Waals surface area contributed by atoms with Crippen molar-refractivity contribution in [3.8, 4) is 0 Å². The molecule has 96 valence electrons. The summed E-state index contributed by atoms with van der Waals surface area (Å²) in [6, 6.07) is 0. The van der Waals surface area contributed by atoms with Crippen LogP contribution >= 0.6 is 0 Å². The van der Waals surface area contributed by atoms with Crippen molar-refractivity contribution in [1.29, 1.82) is 0 Å². The van der Waals surface area contributed by atoms with Gasteiger partial charge in [-0.2, -0.15) is 0 Å². The molecule has 2 aliphatic rings. The number of carbonyl (C=O) groups excluding carboxylic acids is 1. The fourth-order valence-corrected chi connectivity index (χ4v) is 2.50. The molecule has 5 nitrogen and oxygen atoms in total. The summed E-state index contributed by atoms with van der Waals surface area (Å²) in [5.41, 5.74) is -1.08. The third-order valence-corrected chi connectivity index (χ3v) is 4.08. The first-order valence-corrected chi connectivity index (χ1v) is 6.21. The second kappa shape index (κ2) is 4.29. The number of aliphatic carboxylic acids is 1. The summed E-state index contributed by atoms with van der Waals surface area (Å²) in [5.74, 6) is -0.792. The minimum Gasteiger partial charge on any atom is -0.480 e. The van der Waals surface area contributed by atoms with Crippen molar-refractivity contribution in [1.82, 2.24) is 10.6 Å². The molecule has 3 unspecified atom stereocenters. The van der Waals surface area contributed by atoms with Gasteiger partial charge in [-0.15, -0.1) is 0 Å². The number of nitrogens with one attached hydrogen (secondary N) is 2. The molecule has 17 heavy (non-hydrogen) atoms. The van der Waals surface area contributed by atoms with Crippen LogP contribution in [0.4, 0.5) is 0 Å². The third kappa shape index (κ3) is 2.29. The standard InChI is InChI=1S/C12H20N2O3/c1-7-5-13-6-9(7)10(15)14-12(2,11(16)17)8-3-4-8/h7-9,13H,3-6H2,1-2H3,(H,14,15)(H,16,17). The van der Waals surface area contributed by atoms with Gasteiger partial charge in [0.05, 0.1) is 5.92 Å². The Labute approximate surface area is 101 Å². The Balaban J connectivity index is 2.03. The summed E-state index contributed by atoms with van der Waals surface area (Å²) in [5, 5.41) is 15.2. The van der Waals surface area contributed by atoms with E-state index in [-0.39, 0.29) is 23.7 Å². The zero-order valence-corrected chi connectivity index (χ0v) is 10.3. The van der Waals surface area contributed by atoms with Crippen LogP contribution in [-0.4, -0.2) is 35.6 Å². The first-order chi connectivity index (χ1) is 7.95. The van der Waals surface area contributed by atoms with E-state index in [0.717, 1.165) is 19.4 Å². The molecule has 0 bridgehead atoms. The molecule has 0 aromatic rings. The van der Waals surface area contributed by atoms with Gasteiger partial charge in [-0.25, -0.2) is 4.79 Å². The number of amides is 1. The quantitative estimate of drug-likeness (QED) is 0.656. The summed E-state index contributed by atoms with van der Waals surface area (Å²) in [4.78, 5) is 23.4. The number of hydrogen-bond donors (Lipinski definition) is 3. The van der Waals surface area contributed by atoms with Crippen molar-refractivity contribution in [2.45, 2.75) is 32.2 Å². The molecule has 2 fully saturated rings. The van der Waals surface area contributed by atoms with E-state index in [2.05, 4.69) is 10.6 Å². The van der Waals surface area contributed by atoms with Gasteiger partial charge in [0.15, 0.2) is 0 Å². The maximum atomic E-state index is 12.1. The summed E-state index contributed by atoms with van der Waals surface area (Å²) in [6.07, 6.45) is 1.78. The summed E-state index contributed by atoms with van der Waals surface area (Å²) >= 11 is 0. The molecule has 0 aromatic carbocycles. The minimum absolute atomic E-state index is 0.0913. The average Bonchev–Trinajstić information content (AvgIpc) is 3.01. The van der Waals surface area contributed by atoms with E-state index in [0.29, 0.717) is 6.54 Å². The van der Waals surface area contributed by atoms with Crippen molar-refractivity contribution in [2.75, 3.05) is 13.1 Å². The Kier molecular flexibility index (Phi) is 3.12. The molecule has 3 N–H and O–H groups in total. The predicted octanol–water partition coefficient (Wildman–Crippen LogP) is 0.211. The van der Waals surface area contributed by atoms with Crippen LogP contribution in [0, 0.1) is 17.8 Å². The molecule has 1 saturated heterocycles. The molecule has 0 radical (unpaired) electrons. The number of rotatable bonds is 4. The van der Waals surface area contributed by atoms with Gasteiger partial charge in [0, 0.05) is 6.54 Å². The highest BCUT2D eigenvalue weighted by atomic mass is 16.4. The van der Waals surface area contributed by atoms with Gasteiger partial charge < -0.3 is 15.7 Å². The lowest BCUT2D eigenvalue weighted by molar-refractivity contribution is -0.148. The van der Waals surface area contributed by atoms with E-state index < -0.39 is 11.5 Å². The SMILES string of the molecule is CC1CNCC1C(=O)NC(C)(C(=O)O)C1CC1. The van der Waals surface area contributed by atoms with E-state index in [4.69, 9.17) is 0 Å². The van der Waals surface area contributed by atoms with Gasteiger partial charge in [0.25, 0.3) is 0 Å². The highest BCUT2D eigenvalue weighted by Gasteiger charge is 2.49. The number of carbonyl (C=O) groups is 2. The van der Waals surface area contributed by atoms with Crippen LogP contribution < -0.4 is 10.6 Å². The minimum atomic E-state index is -1.08. The normalized spacial score (nSPS) is 31.9. The van der Waals surface area contributed by atoms with Gasteiger partial charge in [-0.1, -0.05) is 6.92 Å². The first-order valence-electron chi connectivity index (χ1n) is 6.21. The number of carboxylic acid groups (broad SMARTS) is 1. The molecular weight excluding hydrogens is 220 g/mol. The molecule has 1 aliphatic carbocycles. The molecule has 5 heteroatoms. The Morgan fingerprint density at radius 2 is 2.00 bits per heavy atom. The van der Waals surface area contributed by atoms with Crippen molar-refractivity contribution >= 4 is 11.9 Å². The molecule has 3 atom stereocenters. The van der Waals surface area contributed by atoms with E-state index in [9.17, 15) is 14.7 Å². The van der Waals surface area contributed by atoms with E-state index in [1.807, 2.05) is 6.92 Å². The van der Waals surface area contributed by atoms with E-state index in [1.165, 1.54) is 0 Å². The maximum Gasteiger partial charge on any atom is 0.329 e. The topological polar surface area (TPSA) is 78.4 Å². The van der Waals surface area contributed by atoms with Crippen LogP contribution in [-0.2, 0) is 9.59 Å². The number of hydrogen-bond acceptors (Lipinski definition) is 3. The molecular formula is C12H20N2O3. The largest absolute Gasteiger partial charge is 0.480 e. The van der Waals surface area contributed by atoms with Crippen LogP contribution in [0.25, 0.3) is 0 Å². The lowest BCUT2D eigenvalue weighted by Gasteiger charge is -2.28. The van der Waals surface area contributed by atoms with Gasteiger partial charge >= 0.3 is 5.97 Å². The molecule has 1 aliphatic heterocycles. The Hall–Kier alpha value is -1.10. The zero-order chi connectivity index (χ0) is 12.6. The fraction of sp³-hybridized carbons (Fsp3) is 0.833. The zero-order valence-electron chi connectivity index (χ0n) is 10.3. The maximum absolute atomic E-state index is 12.1.